The van der Waals surface area contributed by atoms with E-state index in [1.807, 2.05) is 6.92 Å². The maximum atomic E-state index is 9.68. The van der Waals surface area contributed by atoms with Crippen molar-refractivity contribution in [3.05, 3.63) is 0 Å². The molecule has 2 atom stereocenters. The van der Waals surface area contributed by atoms with E-state index in [0.29, 0.717) is 12.8 Å². The fourth-order valence-electron chi connectivity index (χ4n) is 1.81. The first-order valence-electron chi connectivity index (χ1n) is 5.86. The van der Waals surface area contributed by atoms with Gasteiger partial charge in [0.25, 0.3) is 0 Å². The number of nitrogens with zero attached hydrogens (tertiary/aromatic N) is 2. The Bertz CT molecular complexity index is 265. The molecule has 0 aliphatic rings. The molecule has 0 heterocycles. The first-order valence-corrected chi connectivity index (χ1v) is 6.24. The third-order valence-corrected chi connectivity index (χ3v) is 2.22. The minimum atomic E-state index is -0.911. The van der Waals surface area contributed by atoms with Crippen LogP contribution >= 0.6 is 11.6 Å². The van der Waals surface area contributed by atoms with Gasteiger partial charge in [-0.15, -0.1) is 0 Å². The first kappa shape index (κ1) is 16.8. The molecule has 0 saturated heterocycles. The molecule has 0 radical (unpaired) electrons. The van der Waals surface area contributed by atoms with E-state index in [9.17, 15) is 10.2 Å². The summed E-state index contributed by atoms with van der Waals surface area (Å²) < 4.78 is 0. The Hall–Kier alpha value is -0.190. The lowest BCUT2D eigenvalue weighted by atomic mass is 10.00. The fraction of sp³-hybridized carbons (Fsp3) is 1.00. The van der Waals surface area contributed by atoms with Crippen LogP contribution < -0.4 is 0 Å². The van der Waals surface area contributed by atoms with Crippen molar-refractivity contribution in [2.75, 3.05) is 0 Å². The van der Waals surface area contributed by atoms with Gasteiger partial charge >= 0.3 is 0 Å². The summed E-state index contributed by atoms with van der Waals surface area (Å²) in [5.74, 6) is 0. The molecule has 0 rings (SSSR count). The van der Waals surface area contributed by atoms with E-state index in [1.165, 1.54) is 0 Å². The lowest BCUT2D eigenvalue weighted by molar-refractivity contribution is 0.0571. The highest BCUT2D eigenvalue weighted by Crippen LogP contribution is 2.28. The van der Waals surface area contributed by atoms with Crippen LogP contribution in [-0.2, 0) is 0 Å². The number of alkyl halides is 1. The molecule has 5 heteroatoms. The van der Waals surface area contributed by atoms with Gasteiger partial charge in [0.1, 0.15) is 0 Å². The van der Waals surface area contributed by atoms with E-state index < -0.39 is 16.2 Å². The van der Waals surface area contributed by atoms with Crippen LogP contribution in [0.2, 0.25) is 0 Å². The zero-order valence-corrected chi connectivity index (χ0v) is 12.4. The molecule has 0 aromatic heterocycles. The second-order valence-electron chi connectivity index (χ2n) is 6.21. The largest absolute Gasteiger partial charge is 0.390 e. The van der Waals surface area contributed by atoms with Gasteiger partial charge in [-0.3, -0.25) is 0 Å². The average molecular weight is 265 g/mol. The Morgan fingerprint density at radius 3 is 1.88 bits per heavy atom. The Labute approximate surface area is 109 Å². The van der Waals surface area contributed by atoms with Gasteiger partial charge in [0.05, 0.1) is 17.2 Å². The SMILES string of the molecule is CC(CC(C)(C)O)/N=N/C(C)(Cl)CC(C)(C)O. The number of rotatable bonds is 6. The molecule has 0 spiro atoms. The van der Waals surface area contributed by atoms with Gasteiger partial charge < -0.3 is 10.2 Å². The van der Waals surface area contributed by atoms with Gasteiger partial charge in [0.2, 0.25) is 0 Å². The highest BCUT2D eigenvalue weighted by molar-refractivity contribution is 6.23. The van der Waals surface area contributed by atoms with Gasteiger partial charge in [-0.25, -0.2) is 0 Å². The molecule has 0 aliphatic carbocycles. The minimum Gasteiger partial charge on any atom is -0.390 e. The molecule has 0 aromatic rings. The minimum absolute atomic E-state index is 0.102. The zero-order chi connectivity index (χ0) is 13.9. The van der Waals surface area contributed by atoms with E-state index in [-0.39, 0.29) is 6.04 Å². The quantitative estimate of drug-likeness (QED) is 0.440. The fourth-order valence-corrected chi connectivity index (χ4v) is 2.18. The Balaban J connectivity index is 4.40. The van der Waals surface area contributed by atoms with Crippen LogP contribution in [0.5, 0.6) is 0 Å². The van der Waals surface area contributed by atoms with E-state index in [4.69, 9.17) is 11.6 Å². The molecule has 0 amide bonds. The maximum Gasteiger partial charge on any atom is 0.154 e. The van der Waals surface area contributed by atoms with Crippen LogP contribution in [0.3, 0.4) is 0 Å². The molecular weight excluding hydrogens is 240 g/mol. The summed E-state index contributed by atoms with van der Waals surface area (Å²) in [6.45, 7) is 10.4. The summed E-state index contributed by atoms with van der Waals surface area (Å²) >= 11 is 6.15. The predicted molar refractivity (Wildman–Crippen MR) is 70.4 cm³/mol. The number of aliphatic hydroxyl groups is 2. The summed E-state index contributed by atoms with van der Waals surface area (Å²) in [5.41, 5.74) is -1.65. The normalized spacial score (nSPS) is 19.4. The molecular formula is C12H25ClN2O2. The summed E-state index contributed by atoms with van der Waals surface area (Å²) in [4.78, 5) is -0.911. The molecule has 0 fully saturated rings. The van der Waals surface area contributed by atoms with E-state index in [2.05, 4.69) is 10.2 Å². The maximum absolute atomic E-state index is 9.68. The Morgan fingerprint density at radius 2 is 1.53 bits per heavy atom. The molecule has 102 valence electrons. The van der Waals surface area contributed by atoms with Gasteiger partial charge in [-0.2, -0.15) is 10.2 Å². The van der Waals surface area contributed by atoms with Crippen LogP contribution in [0, 0.1) is 0 Å². The molecule has 0 saturated carbocycles. The molecule has 2 N–H and O–H groups in total. The van der Waals surface area contributed by atoms with E-state index in [0.717, 1.165) is 0 Å². The number of azo groups is 1. The third-order valence-electron chi connectivity index (χ3n) is 2.01. The van der Waals surface area contributed by atoms with Crippen molar-refractivity contribution in [3.63, 3.8) is 0 Å². The van der Waals surface area contributed by atoms with Crippen LogP contribution in [0.1, 0.15) is 54.4 Å². The van der Waals surface area contributed by atoms with Gasteiger partial charge in [0, 0.05) is 6.42 Å². The molecule has 2 unspecified atom stereocenters. The van der Waals surface area contributed by atoms with Crippen molar-refractivity contribution in [1.29, 1.82) is 0 Å². The van der Waals surface area contributed by atoms with Crippen molar-refractivity contribution in [3.8, 4) is 0 Å². The van der Waals surface area contributed by atoms with Crippen LogP contribution in [-0.4, -0.2) is 32.5 Å². The second kappa shape index (κ2) is 5.63. The molecule has 17 heavy (non-hydrogen) atoms. The standard InChI is InChI=1S/C12H25ClN2O2/c1-9(7-10(2,3)16)14-15-12(6,13)8-11(4,5)17/h9,16-17H,7-8H2,1-6H3/b15-14+. The zero-order valence-electron chi connectivity index (χ0n) is 11.7. The Morgan fingerprint density at radius 1 is 1.06 bits per heavy atom. The summed E-state index contributed by atoms with van der Waals surface area (Å²) in [6, 6.07) is -0.102. The summed E-state index contributed by atoms with van der Waals surface area (Å²) in [6.07, 6.45) is 0.840. The molecule has 0 bridgehead atoms. The van der Waals surface area contributed by atoms with E-state index in [1.54, 1.807) is 34.6 Å². The topological polar surface area (TPSA) is 65.2 Å². The second-order valence-corrected chi connectivity index (χ2v) is 7.03. The van der Waals surface area contributed by atoms with Gasteiger partial charge in [-0.1, -0.05) is 11.6 Å². The first-order chi connectivity index (χ1) is 7.31. The number of hydrogen-bond acceptors (Lipinski definition) is 4. The number of hydrogen-bond donors (Lipinski definition) is 2. The van der Waals surface area contributed by atoms with Crippen molar-refractivity contribution >= 4 is 11.6 Å². The van der Waals surface area contributed by atoms with Crippen LogP contribution in [0.15, 0.2) is 10.2 Å². The molecule has 4 nitrogen and oxygen atoms in total. The molecule has 0 aromatic carbocycles. The monoisotopic (exact) mass is 264 g/mol. The van der Waals surface area contributed by atoms with Crippen LogP contribution in [0.4, 0.5) is 0 Å². The lowest BCUT2D eigenvalue weighted by Crippen LogP contribution is -2.30. The lowest BCUT2D eigenvalue weighted by Gasteiger charge is -2.25. The predicted octanol–water partition coefficient (Wildman–Crippen LogP) is 3.10. The van der Waals surface area contributed by atoms with Crippen molar-refractivity contribution in [2.45, 2.75) is 76.6 Å². The third kappa shape index (κ3) is 10.7. The van der Waals surface area contributed by atoms with Crippen molar-refractivity contribution < 1.29 is 10.2 Å². The smallest absolute Gasteiger partial charge is 0.154 e. The average Bonchev–Trinajstić information content (AvgIpc) is 1.92. The number of halogens is 1. The van der Waals surface area contributed by atoms with Crippen LogP contribution in [0.25, 0.3) is 0 Å². The summed E-state index contributed by atoms with van der Waals surface area (Å²) in [7, 11) is 0. The highest BCUT2D eigenvalue weighted by atomic mass is 35.5. The van der Waals surface area contributed by atoms with Gasteiger partial charge in [-0.05, 0) is 48.0 Å². The van der Waals surface area contributed by atoms with Crippen molar-refractivity contribution in [1.82, 2.24) is 0 Å². The Kier molecular flexibility index (Phi) is 5.57. The highest BCUT2D eigenvalue weighted by Gasteiger charge is 2.29. The van der Waals surface area contributed by atoms with E-state index >= 15 is 0 Å². The molecule has 0 aliphatic heterocycles. The summed E-state index contributed by atoms with van der Waals surface area (Å²) in [5, 5.41) is 27.4. The van der Waals surface area contributed by atoms with Crippen molar-refractivity contribution in [2.24, 2.45) is 10.2 Å². The van der Waals surface area contributed by atoms with Gasteiger partial charge in [0.15, 0.2) is 5.00 Å².